The van der Waals surface area contributed by atoms with Gasteiger partial charge in [0, 0.05) is 52.2 Å². The third-order valence-electron chi connectivity index (χ3n) is 7.67. The molecule has 0 spiro atoms. The lowest BCUT2D eigenvalue weighted by Gasteiger charge is -2.27. The summed E-state index contributed by atoms with van der Waals surface area (Å²) < 4.78 is 22.0. The van der Waals surface area contributed by atoms with Crippen LogP contribution < -0.4 is 14.8 Å². The largest absolute Gasteiger partial charge is 0.508 e. The monoisotopic (exact) mass is 548 g/mol. The molecule has 0 saturated carbocycles. The van der Waals surface area contributed by atoms with Crippen LogP contribution in [0, 0.1) is 0 Å². The summed E-state index contributed by atoms with van der Waals surface area (Å²) in [4.78, 5) is 2.29. The number of methoxy groups -OCH3 is 3. The van der Waals surface area contributed by atoms with Crippen molar-refractivity contribution in [1.82, 2.24) is 4.90 Å². The zero-order valence-electron chi connectivity index (χ0n) is 24.2. The smallest absolute Gasteiger partial charge is 0.120 e. The molecular weight excluding hydrogens is 504 g/mol. The van der Waals surface area contributed by atoms with Crippen molar-refractivity contribution in [2.75, 3.05) is 72.6 Å². The lowest BCUT2D eigenvalue weighted by molar-refractivity contribution is 0.104. The van der Waals surface area contributed by atoms with Crippen molar-refractivity contribution >= 4 is 5.69 Å². The molecule has 0 bridgehead atoms. The van der Waals surface area contributed by atoms with Gasteiger partial charge in [-0.2, -0.15) is 0 Å². The first-order chi connectivity index (χ1) is 19.6. The van der Waals surface area contributed by atoms with Crippen LogP contribution in [0.4, 0.5) is 5.69 Å². The predicted octanol–water partition coefficient (Wildman–Crippen LogP) is 5.30. The molecule has 216 valence electrons. The van der Waals surface area contributed by atoms with Gasteiger partial charge in [0.1, 0.15) is 23.9 Å². The summed E-state index contributed by atoms with van der Waals surface area (Å²) in [6.45, 7) is 5.40. The van der Waals surface area contributed by atoms with E-state index in [1.54, 1.807) is 27.4 Å². The quantitative estimate of drug-likeness (QED) is 0.252. The first-order valence-corrected chi connectivity index (χ1v) is 14.2. The van der Waals surface area contributed by atoms with Crippen molar-refractivity contribution in [1.29, 1.82) is 0 Å². The molecule has 3 aromatic rings. The van der Waals surface area contributed by atoms with Crippen LogP contribution in [0.25, 0.3) is 0 Å². The van der Waals surface area contributed by atoms with Crippen molar-refractivity contribution in [3.05, 3.63) is 82.9 Å². The lowest BCUT2D eigenvalue weighted by Crippen LogP contribution is -2.34. The Morgan fingerprint density at radius 2 is 1.55 bits per heavy atom. The minimum atomic E-state index is 0.353. The average Bonchev–Trinajstić information content (AvgIpc) is 2.98. The molecule has 7 heteroatoms. The molecule has 4 rings (SSSR count). The Labute approximate surface area is 239 Å². The second kappa shape index (κ2) is 15.5. The molecule has 3 aromatic carbocycles. The van der Waals surface area contributed by atoms with Gasteiger partial charge in [0.15, 0.2) is 0 Å². The minimum absolute atomic E-state index is 0.353. The van der Waals surface area contributed by atoms with E-state index in [9.17, 15) is 5.11 Å². The standard InChI is InChI=1S/C33H44N2O5/c1-37-19-16-35(17-20-38-2)18-21-40-30-10-4-25(5-11-30)14-15-34-33-24-31(39-3)12-13-32(33)28-7-6-27-23-29(36)9-8-26(27)22-28/h4-5,8-13,23-24,28,34,36H,6-7,14-22H2,1-3H3. The number of benzene rings is 3. The number of hydrogen-bond acceptors (Lipinski definition) is 7. The summed E-state index contributed by atoms with van der Waals surface area (Å²) in [6.07, 6.45) is 3.93. The summed E-state index contributed by atoms with van der Waals surface area (Å²) in [5.41, 5.74) is 6.32. The number of fused-ring (bicyclic) bond motifs is 1. The van der Waals surface area contributed by atoms with E-state index in [-0.39, 0.29) is 0 Å². The van der Waals surface area contributed by atoms with Gasteiger partial charge in [-0.05, 0) is 84.2 Å². The number of phenols is 1. The van der Waals surface area contributed by atoms with Crippen LogP contribution in [0.1, 0.15) is 34.6 Å². The molecule has 0 aliphatic heterocycles. The van der Waals surface area contributed by atoms with Gasteiger partial charge >= 0.3 is 0 Å². The number of hydrogen-bond donors (Lipinski definition) is 2. The van der Waals surface area contributed by atoms with Gasteiger partial charge in [-0.3, -0.25) is 4.90 Å². The third kappa shape index (κ3) is 8.62. The summed E-state index contributed by atoms with van der Waals surface area (Å²) in [7, 11) is 5.16. The number of anilines is 1. The maximum Gasteiger partial charge on any atom is 0.120 e. The zero-order chi connectivity index (χ0) is 28.2. The van der Waals surface area contributed by atoms with Crippen LogP contribution >= 0.6 is 0 Å². The fraction of sp³-hybridized carbons (Fsp3) is 0.455. The van der Waals surface area contributed by atoms with Gasteiger partial charge < -0.3 is 29.4 Å². The van der Waals surface area contributed by atoms with Crippen LogP contribution in [0.15, 0.2) is 60.7 Å². The number of nitrogens with one attached hydrogen (secondary N) is 1. The van der Waals surface area contributed by atoms with E-state index in [2.05, 4.69) is 58.7 Å². The molecule has 1 unspecified atom stereocenters. The Bertz CT molecular complexity index is 1180. The van der Waals surface area contributed by atoms with Crippen LogP contribution in [0.2, 0.25) is 0 Å². The maximum atomic E-state index is 9.85. The average molecular weight is 549 g/mol. The van der Waals surface area contributed by atoms with E-state index < -0.39 is 0 Å². The fourth-order valence-electron chi connectivity index (χ4n) is 5.34. The molecule has 0 saturated heterocycles. The predicted molar refractivity (Wildman–Crippen MR) is 160 cm³/mol. The highest BCUT2D eigenvalue weighted by Crippen LogP contribution is 2.38. The number of ether oxygens (including phenoxy) is 4. The van der Waals surface area contributed by atoms with Gasteiger partial charge in [0.05, 0.1) is 20.3 Å². The Morgan fingerprint density at radius 3 is 2.27 bits per heavy atom. The molecule has 1 aliphatic rings. The molecule has 7 nitrogen and oxygen atoms in total. The topological polar surface area (TPSA) is 72.4 Å². The maximum absolute atomic E-state index is 9.85. The van der Waals surface area contributed by atoms with Gasteiger partial charge in [0.25, 0.3) is 0 Å². The number of aryl methyl sites for hydroxylation is 1. The molecule has 2 N–H and O–H groups in total. The number of phenolic OH excluding ortho intramolecular Hbond substituents is 1. The second-order valence-electron chi connectivity index (χ2n) is 10.3. The summed E-state index contributed by atoms with van der Waals surface area (Å²) in [6, 6.07) is 20.5. The number of nitrogens with zero attached hydrogens (tertiary/aromatic N) is 1. The highest BCUT2D eigenvalue weighted by Gasteiger charge is 2.23. The second-order valence-corrected chi connectivity index (χ2v) is 10.3. The van der Waals surface area contributed by atoms with E-state index >= 15 is 0 Å². The highest BCUT2D eigenvalue weighted by atomic mass is 16.5. The summed E-state index contributed by atoms with van der Waals surface area (Å²) in [5, 5.41) is 13.5. The van der Waals surface area contributed by atoms with Gasteiger partial charge in [0.2, 0.25) is 0 Å². The first-order valence-electron chi connectivity index (χ1n) is 14.2. The molecule has 0 aromatic heterocycles. The molecule has 0 heterocycles. The molecule has 1 aliphatic carbocycles. The van der Waals surface area contributed by atoms with E-state index in [0.29, 0.717) is 31.5 Å². The molecule has 1 atom stereocenters. The zero-order valence-corrected chi connectivity index (χ0v) is 24.2. The molecular formula is C33H44N2O5. The number of rotatable bonds is 16. The van der Waals surface area contributed by atoms with Gasteiger partial charge in [-0.25, -0.2) is 0 Å². The summed E-state index contributed by atoms with van der Waals surface area (Å²) in [5.74, 6) is 2.53. The van der Waals surface area contributed by atoms with Crippen molar-refractivity contribution in [3.8, 4) is 17.2 Å². The Morgan fingerprint density at radius 1 is 0.825 bits per heavy atom. The Balaban J connectivity index is 1.29. The van der Waals surface area contributed by atoms with E-state index in [0.717, 1.165) is 69.0 Å². The third-order valence-corrected chi connectivity index (χ3v) is 7.67. The highest BCUT2D eigenvalue weighted by molar-refractivity contribution is 5.58. The molecule has 0 radical (unpaired) electrons. The molecule has 0 amide bonds. The van der Waals surface area contributed by atoms with Crippen LogP contribution in [-0.2, 0) is 28.7 Å². The van der Waals surface area contributed by atoms with Crippen LogP contribution in [-0.4, -0.2) is 77.3 Å². The van der Waals surface area contributed by atoms with Crippen LogP contribution in [0.5, 0.6) is 17.2 Å². The number of aromatic hydroxyl groups is 1. The lowest BCUT2D eigenvalue weighted by atomic mass is 9.79. The van der Waals surface area contributed by atoms with Gasteiger partial charge in [-0.15, -0.1) is 0 Å². The van der Waals surface area contributed by atoms with Crippen molar-refractivity contribution < 1.29 is 24.1 Å². The molecule has 40 heavy (non-hydrogen) atoms. The van der Waals surface area contributed by atoms with Crippen molar-refractivity contribution in [2.24, 2.45) is 0 Å². The normalized spacial score (nSPS) is 14.7. The van der Waals surface area contributed by atoms with E-state index in [4.69, 9.17) is 18.9 Å². The fourth-order valence-corrected chi connectivity index (χ4v) is 5.34. The Hall–Kier alpha value is -3.26. The van der Waals surface area contributed by atoms with Crippen LogP contribution in [0.3, 0.4) is 0 Å². The SMILES string of the molecule is COCCN(CCOC)CCOc1ccc(CCNc2cc(OC)ccc2C2CCc3cc(O)ccc3C2)cc1. The van der Waals surface area contributed by atoms with Gasteiger partial charge in [-0.1, -0.05) is 24.3 Å². The van der Waals surface area contributed by atoms with Crippen molar-refractivity contribution in [3.63, 3.8) is 0 Å². The van der Waals surface area contributed by atoms with E-state index in [1.165, 1.54) is 22.3 Å². The Kier molecular flexibility index (Phi) is 11.5. The van der Waals surface area contributed by atoms with E-state index in [1.807, 2.05) is 6.07 Å². The summed E-state index contributed by atoms with van der Waals surface area (Å²) >= 11 is 0. The minimum Gasteiger partial charge on any atom is -0.508 e. The first kappa shape index (κ1) is 29.7. The van der Waals surface area contributed by atoms with Crippen molar-refractivity contribution in [2.45, 2.75) is 31.6 Å². The molecule has 0 fully saturated rings.